The summed E-state index contributed by atoms with van der Waals surface area (Å²) in [7, 11) is -6.90. The molecule has 0 spiro atoms. The number of nitrogens with zero attached hydrogens (tertiary/aromatic N) is 2. The van der Waals surface area contributed by atoms with Crippen LogP contribution in [0.2, 0.25) is 0 Å². The molecule has 0 radical (unpaired) electrons. The number of hydrogen-bond acceptors (Lipinski definition) is 6. The first-order chi connectivity index (χ1) is 14.2. The van der Waals surface area contributed by atoms with Gasteiger partial charge in [0, 0.05) is 39.1 Å². The van der Waals surface area contributed by atoms with Gasteiger partial charge in [-0.25, -0.2) is 16.8 Å². The molecule has 1 N–H and O–H groups in total. The van der Waals surface area contributed by atoms with Crippen molar-refractivity contribution in [3.05, 3.63) is 29.8 Å². The molecule has 0 aliphatic carbocycles. The first kappa shape index (κ1) is 24.7. The van der Waals surface area contributed by atoms with Crippen LogP contribution in [0.4, 0.5) is 0 Å². The van der Waals surface area contributed by atoms with E-state index in [-0.39, 0.29) is 29.5 Å². The number of sulfonamides is 2. The molecule has 9 nitrogen and oxygen atoms in total. The Morgan fingerprint density at radius 3 is 2.23 bits per heavy atom. The molecule has 1 heterocycles. The van der Waals surface area contributed by atoms with Crippen LogP contribution in [0.5, 0.6) is 0 Å². The minimum atomic E-state index is -3.50. The predicted molar refractivity (Wildman–Crippen MR) is 114 cm³/mol. The van der Waals surface area contributed by atoms with Crippen molar-refractivity contribution >= 4 is 26.0 Å². The normalized spacial score (nSPS) is 16.0. The third-order valence-electron chi connectivity index (χ3n) is 4.95. The lowest BCUT2D eigenvalue weighted by molar-refractivity contribution is -0.120. The van der Waals surface area contributed by atoms with Gasteiger partial charge in [0.15, 0.2) is 0 Å². The Bertz CT molecular complexity index is 891. The standard InChI is InChI=1S/C19H31N3O6S2/c1-3-21(4-2)30(26,27)18-8-5-17(6-9-18)7-10-19(23)20-11-16-29(24,25)22-12-14-28-15-13-22/h5-6,8-9H,3-4,7,10-16H2,1-2H3,(H,20,23). The van der Waals surface area contributed by atoms with Crippen LogP contribution in [-0.2, 0) is 36.0 Å². The fraction of sp³-hybridized carbons (Fsp3) is 0.632. The first-order valence-corrected chi connectivity index (χ1v) is 13.2. The lowest BCUT2D eigenvalue weighted by Crippen LogP contribution is -2.43. The third kappa shape index (κ3) is 6.74. The molecule has 0 bridgehead atoms. The summed E-state index contributed by atoms with van der Waals surface area (Å²) in [5.74, 6) is -0.386. The van der Waals surface area contributed by atoms with Crippen molar-refractivity contribution in [2.45, 2.75) is 31.6 Å². The van der Waals surface area contributed by atoms with Gasteiger partial charge in [0.25, 0.3) is 0 Å². The van der Waals surface area contributed by atoms with Crippen LogP contribution < -0.4 is 5.32 Å². The molecule has 0 saturated carbocycles. The van der Waals surface area contributed by atoms with Gasteiger partial charge in [-0.05, 0) is 24.1 Å². The summed E-state index contributed by atoms with van der Waals surface area (Å²) in [6.07, 6.45) is 0.632. The number of rotatable bonds is 11. The molecule has 2 rings (SSSR count). The Morgan fingerprint density at radius 1 is 1.07 bits per heavy atom. The van der Waals surface area contributed by atoms with Crippen LogP contribution in [0.25, 0.3) is 0 Å². The average Bonchev–Trinajstić information content (AvgIpc) is 2.74. The molecule has 1 amide bonds. The molecule has 0 aromatic heterocycles. The lowest BCUT2D eigenvalue weighted by atomic mass is 10.1. The number of amides is 1. The van der Waals surface area contributed by atoms with Crippen LogP contribution in [0.15, 0.2) is 29.2 Å². The van der Waals surface area contributed by atoms with Crippen LogP contribution in [0, 0.1) is 0 Å². The topological polar surface area (TPSA) is 113 Å². The van der Waals surface area contributed by atoms with E-state index in [0.29, 0.717) is 45.8 Å². The maximum Gasteiger partial charge on any atom is 0.243 e. The third-order valence-corrected chi connectivity index (χ3v) is 8.89. The summed E-state index contributed by atoms with van der Waals surface area (Å²) in [6.45, 7) is 5.91. The van der Waals surface area contributed by atoms with E-state index in [1.165, 1.54) is 8.61 Å². The van der Waals surface area contributed by atoms with Gasteiger partial charge in [-0.3, -0.25) is 4.79 Å². The van der Waals surface area contributed by atoms with Crippen LogP contribution >= 0.6 is 0 Å². The number of aryl methyl sites for hydroxylation is 1. The summed E-state index contributed by atoms with van der Waals surface area (Å²) >= 11 is 0. The smallest absolute Gasteiger partial charge is 0.243 e. The van der Waals surface area contributed by atoms with Crippen LogP contribution in [0.1, 0.15) is 25.8 Å². The van der Waals surface area contributed by atoms with Crippen LogP contribution in [-0.4, -0.2) is 83.0 Å². The highest BCUT2D eigenvalue weighted by Gasteiger charge is 2.24. The van der Waals surface area contributed by atoms with E-state index < -0.39 is 20.0 Å². The number of benzene rings is 1. The highest BCUT2D eigenvalue weighted by Crippen LogP contribution is 2.17. The fourth-order valence-corrected chi connectivity index (χ4v) is 5.94. The monoisotopic (exact) mass is 461 g/mol. The number of morpholine rings is 1. The maximum absolute atomic E-state index is 12.5. The van der Waals surface area contributed by atoms with Gasteiger partial charge in [-0.2, -0.15) is 8.61 Å². The van der Waals surface area contributed by atoms with Crippen molar-refractivity contribution in [3.63, 3.8) is 0 Å². The molecule has 1 saturated heterocycles. The Balaban J connectivity index is 1.79. The first-order valence-electron chi connectivity index (χ1n) is 10.1. The number of ether oxygens (including phenoxy) is 1. The molecule has 1 aromatic rings. The summed E-state index contributed by atoms with van der Waals surface area (Å²) in [5.41, 5.74) is 0.838. The predicted octanol–water partition coefficient (Wildman–Crippen LogP) is 0.428. The second-order valence-corrected chi connectivity index (χ2v) is 10.9. The highest BCUT2D eigenvalue weighted by atomic mass is 32.2. The van der Waals surface area contributed by atoms with Crippen molar-refractivity contribution in [3.8, 4) is 0 Å². The van der Waals surface area contributed by atoms with Gasteiger partial charge in [-0.1, -0.05) is 26.0 Å². The molecule has 1 aliphatic rings. The van der Waals surface area contributed by atoms with Gasteiger partial charge in [0.2, 0.25) is 26.0 Å². The quantitative estimate of drug-likeness (QED) is 0.511. The minimum Gasteiger partial charge on any atom is -0.379 e. The molecule has 0 unspecified atom stereocenters. The Morgan fingerprint density at radius 2 is 1.67 bits per heavy atom. The molecule has 0 atom stereocenters. The Hall–Kier alpha value is -1.53. The number of hydrogen-bond donors (Lipinski definition) is 1. The lowest BCUT2D eigenvalue weighted by Gasteiger charge is -2.26. The van der Waals surface area contributed by atoms with E-state index in [1.807, 2.05) is 0 Å². The molecule has 11 heteroatoms. The van der Waals surface area contributed by atoms with Crippen molar-refractivity contribution in [2.24, 2.45) is 0 Å². The van der Waals surface area contributed by atoms with Crippen molar-refractivity contribution < 1.29 is 26.4 Å². The number of carbonyl (C=O) groups excluding carboxylic acids is 1. The second kappa shape index (κ2) is 11.2. The molecule has 1 aliphatic heterocycles. The Kier molecular flexibility index (Phi) is 9.23. The van der Waals surface area contributed by atoms with Gasteiger partial charge >= 0.3 is 0 Å². The molecule has 30 heavy (non-hydrogen) atoms. The Labute approximate surface area is 179 Å². The van der Waals surface area contributed by atoms with Gasteiger partial charge in [0.1, 0.15) is 0 Å². The number of carbonyl (C=O) groups is 1. The maximum atomic E-state index is 12.5. The minimum absolute atomic E-state index is 0.0551. The van der Waals surface area contributed by atoms with Crippen molar-refractivity contribution in [2.75, 3.05) is 51.7 Å². The van der Waals surface area contributed by atoms with Gasteiger partial charge < -0.3 is 10.1 Å². The zero-order valence-corrected chi connectivity index (χ0v) is 19.2. The van der Waals surface area contributed by atoms with E-state index in [4.69, 9.17) is 4.74 Å². The van der Waals surface area contributed by atoms with Gasteiger partial charge in [0.05, 0.1) is 23.9 Å². The summed E-state index contributed by atoms with van der Waals surface area (Å²) in [5, 5.41) is 2.64. The average molecular weight is 462 g/mol. The number of nitrogens with one attached hydrogen (secondary N) is 1. The highest BCUT2D eigenvalue weighted by molar-refractivity contribution is 7.89. The van der Waals surface area contributed by atoms with Crippen molar-refractivity contribution in [1.29, 1.82) is 0 Å². The van der Waals surface area contributed by atoms with Crippen molar-refractivity contribution in [1.82, 2.24) is 13.9 Å². The van der Waals surface area contributed by atoms with E-state index >= 15 is 0 Å². The van der Waals surface area contributed by atoms with E-state index in [9.17, 15) is 21.6 Å². The van der Waals surface area contributed by atoms with Crippen LogP contribution in [0.3, 0.4) is 0 Å². The zero-order valence-electron chi connectivity index (χ0n) is 17.5. The molecule has 1 fully saturated rings. The van der Waals surface area contributed by atoms with E-state index in [0.717, 1.165) is 5.56 Å². The summed E-state index contributed by atoms with van der Waals surface area (Å²) in [4.78, 5) is 12.3. The summed E-state index contributed by atoms with van der Waals surface area (Å²) in [6, 6.07) is 6.50. The molecular formula is C19H31N3O6S2. The zero-order chi connectivity index (χ0) is 22.2. The molecule has 1 aromatic carbocycles. The van der Waals surface area contributed by atoms with Gasteiger partial charge in [-0.15, -0.1) is 0 Å². The second-order valence-electron chi connectivity index (χ2n) is 6.91. The summed E-state index contributed by atoms with van der Waals surface area (Å²) < 4.78 is 57.3. The van der Waals surface area contributed by atoms with E-state index in [1.54, 1.807) is 38.1 Å². The SMILES string of the molecule is CCN(CC)S(=O)(=O)c1ccc(CCC(=O)NCCS(=O)(=O)N2CCOCC2)cc1. The molecule has 170 valence electrons. The fourth-order valence-electron chi connectivity index (χ4n) is 3.16. The van der Waals surface area contributed by atoms with E-state index in [2.05, 4.69) is 5.32 Å². The molecular weight excluding hydrogens is 430 g/mol. The largest absolute Gasteiger partial charge is 0.379 e.